The van der Waals surface area contributed by atoms with Gasteiger partial charge >= 0.3 is 0 Å². The zero-order valence-electron chi connectivity index (χ0n) is 11.2. The van der Waals surface area contributed by atoms with Crippen LogP contribution in [0.15, 0.2) is 18.2 Å². The highest BCUT2D eigenvalue weighted by atomic mass is 19.1. The van der Waals surface area contributed by atoms with E-state index in [1.165, 1.54) is 5.56 Å². The van der Waals surface area contributed by atoms with Gasteiger partial charge in [-0.25, -0.2) is 4.39 Å². The second-order valence-electron chi connectivity index (χ2n) is 5.50. The highest BCUT2D eigenvalue weighted by Crippen LogP contribution is 2.54. The highest BCUT2D eigenvalue weighted by molar-refractivity contribution is 5.32. The summed E-state index contributed by atoms with van der Waals surface area (Å²) < 4.78 is 13.3. The molecular weight excluding hydrogens is 213 g/mol. The van der Waals surface area contributed by atoms with Crippen LogP contribution in [-0.4, -0.2) is 13.1 Å². The molecule has 2 rings (SSSR count). The van der Waals surface area contributed by atoms with Gasteiger partial charge in [-0.05, 0) is 55.3 Å². The molecule has 0 bridgehead atoms. The summed E-state index contributed by atoms with van der Waals surface area (Å²) in [5, 5.41) is 3.39. The molecule has 0 saturated heterocycles. The van der Waals surface area contributed by atoms with Gasteiger partial charge in [-0.15, -0.1) is 0 Å². The Labute approximate surface area is 103 Å². The summed E-state index contributed by atoms with van der Waals surface area (Å²) in [4.78, 5) is 0. The van der Waals surface area contributed by atoms with Gasteiger partial charge in [0.2, 0.25) is 0 Å². The van der Waals surface area contributed by atoms with Crippen molar-refractivity contribution < 1.29 is 4.39 Å². The fourth-order valence-electron chi connectivity index (χ4n) is 3.20. The Bertz CT molecular complexity index is 415. The van der Waals surface area contributed by atoms with Crippen LogP contribution in [-0.2, 0) is 0 Å². The molecule has 0 aromatic heterocycles. The third-order valence-corrected chi connectivity index (χ3v) is 4.76. The largest absolute Gasteiger partial charge is 0.316 e. The molecule has 1 aromatic rings. The number of halogens is 1. The van der Waals surface area contributed by atoms with Crippen LogP contribution >= 0.6 is 0 Å². The zero-order valence-corrected chi connectivity index (χ0v) is 11.2. The molecule has 94 valence electrons. The molecule has 1 aliphatic rings. The third kappa shape index (κ3) is 1.89. The molecule has 2 heteroatoms. The number of hydrogen-bond donors (Lipinski definition) is 1. The smallest absolute Gasteiger partial charge is 0.126 e. The topological polar surface area (TPSA) is 12.0 Å². The van der Waals surface area contributed by atoms with Crippen molar-refractivity contribution in [1.82, 2.24) is 5.32 Å². The number of nitrogens with one attached hydrogen (secondary N) is 1. The first-order valence-electron chi connectivity index (χ1n) is 6.46. The van der Waals surface area contributed by atoms with E-state index in [0.717, 1.165) is 18.4 Å². The van der Waals surface area contributed by atoms with Crippen LogP contribution in [0.5, 0.6) is 0 Å². The average molecular weight is 235 g/mol. The Morgan fingerprint density at radius 1 is 1.47 bits per heavy atom. The number of rotatable bonds is 3. The number of aryl methyl sites for hydroxylation is 1. The van der Waals surface area contributed by atoms with E-state index < -0.39 is 0 Å². The molecule has 1 aliphatic carbocycles. The fraction of sp³-hybridized carbons (Fsp3) is 0.600. The van der Waals surface area contributed by atoms with E-state index in [9.17, 15) is 4.39 Å². The van der Waals surface area contributed by atoms with Crippen molar-refractivity contribution in [3.8, 4) is 0 Å². The minimum atomic E-state index is -0.101. The van der Waals surface area contributed by atoms with Crippen molar-refractivity contribution in [2.45, 2.75) is 45.6 Å². The third-order valence-electron chi connectivity index (χ3n) is 4.76. The second kappa shape index (κ2) is 4.41. The summed E-state index contributed by atoms with van der Waals surface area (Å²) in [5.74, 6) is 0.459. The van der Waals surface area contributed by atoms with E-state index in [1.54, 1.807) is 6.07 Å². The lowest BCUT2D eigenvalue weighted by Crippen LogP contribution is -2.55. The van der Waals surface area contributed by atoms with Gasteiger partial charge in [-0.3, -0.25) is 0 Å². The maximum atomic E-state index is 13.3. The molecular formula is C15H22FN. The number of benzene rings is 1. The number of hydrogen-bond acceptors (Lipinski definition) is 1. The molecule has 0 amide bonds. The average Bonchev–Trinajstić information content (AvgIpc) is 2.32. The molecule has 1 saturated carbocycles. The molecule has 17 heavy (non-hydrogen) atoms. The van der Waals surface area contributed by atoms with Crippen LogP contribution in [0, 0.1) is 18.2 Å². The van der Waals surface area contributed by atoms with E-state index in [4.69, 9.17) is 0 Å². The minimum Gasteiger partial charge on any atom is -0.316 e. The van der Waals surface area contributed by atoms with Gasteiger partial charge in [-0.1, -0.05) is 26.0 Å². The summed E-state index contributed by atoms with van der Waals surface area (Å²) in [6.45, 7) is 6.42. The molecule has 0 radical (unpaired) electrons. The van der Waals surface area contributed by atoms with E-state index in [-0.39, 0.29) is 5.82 Å². The van der Waals surface area contributed by atoms with Gasteiger partial charge in [-0.2, -0.15) is 0 Å². The van der Waals surface area contributed by atoms with Crippen LogP contribution in [0.25, 0.3) is 0 Å². The Morgan fingerprint density at radius 3 is 2.71 bits per heavy atom. The van der Waals surface area contributed by atoms with Crippen molar-refractivity contribution in [3.63, 3.8) is 0 Å². The molecule has 1 fully saturated rings. The molecule has 1 aromatic carbocycles. The Hall–Kier alpha value is -0.890. The monoisotopic (exact) mass is 235 g/mol. The lowest BCUT2D eigenvalue weighted by atomic mass is 9.54. The standard InChI is InChI=1S/C15H22FN/c1-5-15(3)12(9-14(15)17-4)11-6-7-13(16)10(2)8-11/h6-8,12,14,17H,5,9H2,1-4H3. The quantitative estimate of drug-likeness (QED) is 0.843. The van der Waals surface area contributed by atoms with E-state index in [0.29, 0.717) is 17.4 Å². The fourth-order valence-corrected chi connectivity index (χ4v) is 3.20. The maximum Gasteiger partial charge on any atom is 0.126 e. The summed E-state index contributed by atoms with van der Waals surface area (Å²) in [6.07, 6.45) is 2.31. The van der Waals surface area contributed by atoms with Crippen molar-refractivity contribution in [1.29, 1.82) is 0 Å². The van der Waals surface area contributed by atoms with Crippen LogP contribution in [0.2, 0.25) is 0 Å². The summed E-state index contributed by atoms with van der Waals surface area (Å²) >= 11 is 0. The van der Waals surface area contributed by atoms with E-state index >= 15 is 0 Å². The van der Waals surface area contributed by atoms with Gasteiger partial charge in [0.15, 0.2) is 0 Å². The van der Waals surface area contributed by atoms with Crippen molar-refractivity contribution in [2.75, 3.05) is 7.05 Å². The first kappa shape index (κ1) is 12.6. The molecule has 1 nitrogen and oxygen atoms in total. The Balaban J connectivity index is 2.27. The van der Waals surface area contributed by atoms with Crippen LogP contribution in [0.3, 0.4) is 0 Å². The Morgan fingerprint density at radius 2 is 2.18 bits per heavy atom. The summed E-state index contributed by atoms with van der Waals surface area (Å²) in [5.41, 5.74) is 2.35. The van der Waals surface area contributed by atoms with Gasteiger partial charge in [0, 0.05) is 6.04 Å². The zero-order chi connectivity index (χ0) is 12.6. The highest BCUT2D eigenvalue weighted by Gasteiger charge is 2.49. The minimum absolute atomic E-state index is 0.101. The van der Waals surface area contributed by atoms with Crippen molar-refractivity contribution in [3.05, 3.63) is 35.1 Å². The van der Waals surface area contributed by atoms with Crippen LogP contribution in [0.4, 0.5) is 4.39 Å². The summed E-state index contributed by atoms with van der Waals surface area (Å²) in [7, 11) is 2.03. The molecule has 3 unspecified atom stereocenters. The van der Waals surface area contributed by atoms with Gasteiger partial charge in [0.1, 0.15) is 5.82 Å². The molecule has 0 spiro atoms. The summed E-state index contributed by atoms with van der Waals surface area (Å²) in [6, 6.07) is 6.16. The second-order valence-corrected chi connectivity index (χ2v) is 5.50. The van der Waals surface area contributed by atoms with Crippen molar-refractivity contribution in [2.24, 2.45) is 5.41 Å². The first-order valence-corrected chi connectivity index (χ1v) is 6.46. The van der Waals surface area contributed by atoms with E-state index in [2.05, 4.69) is 19.2 Å². The van der Waals surface area contributed by atoms with Gasteiger partial charge in [0.05, 0.1) is 0 Å². The molecule has 1 N–H and O–H groups in total. The predicted octanol–water partition coefficient (Wildman–Crippen LogP) is 3.63. The molecule has 3 atom stereocenters. The SMILES string of the molecule is CCC1(C)C(NC)CC1c1ccc(F)c(C)c1. The van der Waals surface area contributed by atoms with Crippen LogP contribution in [0.1, 0.15) is 43.7 Å². The van der Waals surface area contributed by atoms with Gasteiger partial charge in [0.25, 0.3) is 0 Å². The predicted molar refractivity (Wildman–Crippen MR) is 69.7 cm³/mol. The van der Waals surface area contributed by atoms with Crippen LogP contribution < -0.4 is 5.32 Å². The van der Waals surface area contributed by atoms with E-state index in [1.807, 2.05) is 26.1 Å². The molecule has 0 aliphatic heterocycles. The lowest BCUT2D eigenvalue weighted by molar-refractivity contribution is 0.0494. The Kier molecular flexibility index (Phi) is 3.26. The molecule has 0 heterocycles. The van der Waals surface area contributed by atoms with Gasteiger partial charge < -0.3 is 5.32 Å². The van der Waals surface area contributed by atoms with Crippen molar-refractivity contribution >= 4 is 0 Å². The normalized spacial score (nSPS) is 32.3. The lowest BCUT2D eigenvalue weighted by Gasteiger charge is -2.54. The maximum absolute atomic E-state index is 13.3. The first-order chi connectivity index (χ1) is 8.02.